The van der Waals surface area contributed by atoms with Gasteiger partial charge in [-0.1, -0.05) is 18.2 Å². The van der Waals surface area contributed by atoms with E-state index >= 15 is 0 Å². The van der Waals surface area contributed by atoms with Crippen molar-refractivity contribution in [2.45, 2.75) is 31.2 Å². The monoisotopic (exact) mass is 342 g/mol. The molecule has 0 spiro atoms. The number of piperidine rings is 1. The molecular weight excluding hydrogens is 320 g/mol. The van der Waals surface area contributed by atoms with Crippen molar-refractivity contribution in [2.75, 3.05) is 31.5 Å². The third-order valence-corrected chi connectivity index (χ3v) is 5.40. The van der Waals surface area contributed by atoms with Gasteiger partial charge in [0.2, 0.25) is 11.8 Å². The van der Waals surface area contributed by atoms with E-state index in [0.717, 1.165) is 30.6 Å². The topological polar surface area (TPSA) is 81.8 Å². The molecule has 1 aromatic rings. The molecule has 0 aliphatic carbocycles. The molecule has 1 aromatic carbocycles. The van der Waals surface area contributed by atoms with Gasteiger partial charge in [-0.15, -0.1) is 0 Å². The fourth-order valence-electron chi connectivity index (χ4n) is 4.08. The number of carbonyl (C=O) groups excluding carboxylic acids is 3. The second kappa shape index (κ2) is 6.38. The number of nitrogens with zero attached hydrogens (tertiary/aromatic N) is 2. The van der Waals surface area contributed by atoms with Crippen LogP contribution in [-0.2, 0) is 9.59 Å². The lowest BCUT2D eigenvalue weighted by atomic mass is 9.88. The fraction of sp³-hybridized carbons (Fsp3) is 0.500. The largest absolute Gasteiger partial charge is 0.342 e. The minimum atomic E-state index is -0.406. The van der Waals surface area contributed by atoms with Gasteiger partial charge in [0.25, 0.3) is 0 Å². The Balaban J connectivity index is 1.44. The predicted octanol–water partition coefficient (Wildman–Crippen LogP) is 1.13. The van der Waals surface area contributed by atoms with Crippen molar-refractivity contribution in [3.8, 4) is 0 Å². The first-order valence-electron chi connectivity index (χ1n) is 8.85. The second-order valence-electron chi connectivity index (χ2n) is 6.87. The molecule has 3 aliphatic heterocycles. The molecule has 2 saturated heterocycles. The van der Waals surface area contributed by atoms with Crippen molar-refractivity contribution in [2.24, 2.45) is 0 Å². The Morgan fingerprint density at radius 3 is 2.56 bits per heavy atom. The van der Waals surface area contributed by atoms with Crippen molar-refractivity contribution in [1.29, 1.82) is 0 Å². The van der Waals surface area contributed by atoms with E-state index in [0.29, 0.717) is 19.6 Å². The maximum atomic E-state index is 13.0. The molecule has 7 nitrogen and oxygen atoms in total. The number of anilines is 1. The number of hydrogen-bond acceptors (Lipinski definition) is 3. The van der Waals surface area contributed by atoms with Gasteiger partial charge < -0.3 is 20.4 Å². The first kappa shape index (κ1) is 15.9. The van der Waals surface area contributed by atoms with Gasteiger partial charge in [0.05, 0.1) is 5.92 Å². The van der Waals surface area contributed by atoms with Gasteiger partial charge in [-0.2, -0.15) is 0 Å². The van der Waals surface area contributed by atoms with Crippen LogP contribution in [0.5, 0.6) is 0 Å². The quantitative estimate of drug-likeness (QED) is 0.845. The number of urea groups is 1. The van der Waals surface area contributed by atoms with Gasteiger partial charge in [0, 0.05) is 44.3 Å². The average molecular weight is 342 g/mol. The van der Waals surface area contributed by atoms with Crippen molar-refractivity contribution in [1.82, 2.24) is 15.1 Å². The standard InChI is InChI=1S/C18H22N4O3/c23-16-11-14(13-3-1-2-4-15(13)20-16)17(24)21-8-5-12(6-9-21)22-10-7-19-18(22)25/h1-4,12,14H,5-11H2,(H,19,25)(H,20,23)/t14-/m0/s1. The Kier molecular flexibility index (Phi) is 4.07. The fourth-order valence-corrected chi connectivity index (χ4v) is 4.08. The number of rotatable bonds is 2. The van der Waals surface area contributed by atoms with Crippen LogP contribution in [0.1, 0.15) is 30.7 Å². The molecule has 3 aliphatic rings. The van der Waals surface area contributed by atoms with Crippen molar-refractivity contribution in [3.63, 3.8) is 0 Å². The molecule has 2 fully saturated rings. The summed E-state index contributed by atoms with van der Waals surface area (Å²) in [6.45, 7) is 2.71. The lowest BCUT2D eigenvalue weighted by Gasteiger charge is -2.38. The van der Waals surface area contributed by atoms with E-state index in [4.69, 9.17) is 0 Å². The number of fused-ring (bicyclic) bond motifs is 1. The molecule has 0 radical (unpaired) electrons. The maximum absolute atomic E-state index is 13.0. The van der Waals surface area contributed by atoms with Crippen molar-refractivity contribution in [3.05, 3.63) is 29.8 Å². The second-order valence-corrected chi connectivity index (χ2v) is 6.87. The average Bonchev–Trinajstić information content (AvgIpc) is 3.06. The van der Waals surface area contributed by atoms with Gasteiger partial charge in [0.15, 0.2) is 0 Å². The van der Waals surface area contributed by atoms with Crippen LogP contribution in [0.25, 0.3) is 0 Å². The van der Waals surface area contributed by atoms with E-state index in [1.165, 1.54) is 0 Å². The minimum Gasteiger partial charge on any atom is -0.342 e. The van der Waals surface area contributed by atoms with E-state index in [1.54, 1.807) is 0 Å². The molecular formula is C18H22N4O3. The molecule has 3 heterocycles. The summed E-state index contributed by atoms with van der Waals surface area (Å²) >= 11 is 0. The van der Waals surface area contributed by atoms with Gasteiger partial charge in [-0.3, -0.25) is 9.59 Å². The number of amides is 4. The molecule has 0 unspecified atom stereocenters. The number of likely N-dealkylation sites (tertiary alicyclic amines) is 1. The highest BCUT2D eigenvalue weighted by atomic mass is 16.2. The Morgan fingerprint density at radius 1 is 1.08 bits per heavy atom. The third kappa shape index (κ3) is 2.94. The Morgan fingerprint density at radius 2 is 1.84 bits per heavy atom. The first-order chi connectivity index (χ1) is 12.1. The normalized spacial score (nSPS) is 23.9. The Labute approximate surface area is 146 Å². The third-order valence-electron chi connectivity index (χ3n) is 5.40. The first-order valence-corrected chi connectivity index (χ1v) is 8.85. The van der Waals surface area contributed by atoms with E-state index in [9.17, 15) is 14.4 Å². The molecule has 25 heavy (non-hydrogen) atoms. The summed E-state index contributed by atoms with van der Waals surface area (Å²) in [5.74, 6) is -0.496. The molecule has 4 amide bonds. The molecule has 0 aromatic heterocycles. The van der Waals surface area contributed by atoms with E-state index in [2.05, 4.69) is 10.6 Å². The van der Waals surface area contributed by atoms with E-state index in [1.807, 2.05) is 34.1 Å². The van der Waals surface area contributed by atoms with E-state index in [-0.39, 0.29) is 30.3 Å². The predicted molar refractivity (Wildman–Crippen MR) is 92.1 cm³/mol. The lowest BCUT2D eigenvalue weighted by Crippen LogP contribution is -2.49. The highest BCUT2D eigenvalue weighted by Gasteiger charge is 2.36. The summed E-state index contributed by atoms with van der Waals surface area (Å²) < 4.78 is 0. The van der Waals surface area contributed by atoms with Crippen LogP contribution >= 0.6 is 0 Å². The van der Waals surface area contributed by atoms with Crippen LogP contribution in [0.15, 0.2) is 24.3 Å². The summed E-state index contributed by atoms with van der Waals surface area (Å²) in [6, 6.07) is 7.72. The molecule has 7 heteroatoms. The molecule has 0 bridgehead atoms. The summed E-state index contributed by atoms with van der Waals surface area (Å²) in [7, 11) is 0. The SMILES string of the molecule is O=C1C[C@H](C(=O)N2CCC(N3CCNC3=O)CC2)c2ccccc2N1. The smallest absolute Gasteiger partial charge is 0.317 e. The number of hydrogen-bond donors (Lipinski definition) is 2. The van der Waals surface area contributed by atoms with Crippen LogP contribution in [0, 0.1) is 0 Å². The van der Waals surface area contributed by atoms with Crippen molar-refractivity contribution < 1.29 is 14.4 Å². The zero-order chi connectivity index (χ0) is 17.4. The van der Waals surface area contributed by atoms with Crippen LogP contribution in [-0.4, -0.2) is 59.9 Å². The lowest BCUT2D eigenvalue weighted by molar-refractivity contribution is -0.136. The minimum absolute atomic E-state index is 0.00246. The van der Waals surface area contributed by atoms with E-state index < -0.39 is 5.92 Å². The summed E-state index contributed by atoms with van der Waals surface area (Å²) in [4.78, 5) is 40.5. The summed E-state index contributed by atoms with van der Waals surface area (Å²) in [5, 5.41) is 5.67. The number of nitrogens with one attached hydrogen (secondary N) is 2. The number of benzene rings is 1. The van der Waals surface area contributed by atoms with Gasteiger partial charge in [-0.25, -0.2) is 4.79 Å². The molecule has 1 atom stereocenters. The Bertz CT molecular complexity index is 712. The van der Waals surface area contributed by atoms with Crippen LogP contribution in [0.3, 0.4) is 0 Å². The molecule has 4 rings (SSSR count). The van der Waals surface area contributed by atoms with Gasteiger partial charge >= 0.3 is 6.03 Å². The highest BCUT2D eigenvalue weighted by molar-refractivity contribution is 6.01. The van der Waals surface area contributed by atoms with Crippen LogP contribution in [0.2, 0.25) is 0 Å². The Hall–Kier alpha value is -2.57. The molecule has 0 saturated carbocycles. The zero-order valence-electron chi connectivity index (χ0n) is 14.0. The van der Waals surface area contributed by atoms with Gasteiger partial charge in [-0.05, 0) is 24.5 Å². The van der Waals surface area contributed by atoms with Crippen LogP contribution < -0.4 is 10.6 Å². The van der Waals surface area contributed by atoms with Crippen LogP contribution in [0.4, 0.5) is 10.5 Å². The number of para-hydroxylation sites is 1. The molecule has 2 N–H and O–H groups in total. The van der Waals surface area contributed by atoms with Crippen molar-refractivity contribution >= 4 is 23.5 Å². The highest BCUT2D eigenvalue weighted by Crippen LogP contribution is 2.34. The number of carbonyl (C=O) groups is 3. The summed E-state index contributed by atoms with van der Waals surface area (Å²) in [5.41, 5.74) is 1.63. The summed E-state index contributed by atoms with van der Waals surface area (Å²) in [6.07, 6.45) is 1.78. The van der Waals surface area contributed by atoms with Gasteiger partial charge in [0.1, 0.15) is 0 Å². The molecule has 132 valence electrons. The zero-order valence-corrected chi connectivity index (χ0v) is 14.0. The maximum Gasteiger partial charge on any atom is 0.317 e.